The first-order valence-electron chi connectivity index (χ1n) is 4.66. The first-order chi connectivity index (χ1) is 8.42. The number of alkyl halides is 3. The quantitative estimate of drug-likeness (QED) is 0.891. The first kappa shape index (κ1) is 13.2. The van der Waals surface area contributed by atoms with Crippen LogP contribution >= 0.6 is 27.3 Å². The van der Waals surface area contributed by atoms with Crippen LogP contribution in [0.2, 0.25) is 0 Å². The fourth-order valence-corrected chi connectivity index (χ4v) is 2.34. The molecule has 1 N–H and O–H groups in total. The van der Waals surface area contributed by atoms with Crippen molar-refractivity contribution in [1.82, 2.24) is 4.98 Å². The van der Waals surface area contributed by atoms with E-state index in [1.165, 1.54) is 35.6 Å². The zero-order chi connectivity index (χ0) is 13.2. The Morgan fingerprint density at radius 2 is 1.89 bits per heavy atom. The second kappa shape index (κ2) is 5.15. The molecule has 0 atom stereocenters. The highest BCUT2D eigenvalue weighted by atomic mass is 79.9. The van der Waals surface area contributed by atoms with E-state index in [9.17, 15) is 13.2 Å². The minimum atomic E-state index is -4.67. The maximum absolute atomic E-state index is 11.9. The predicted molar refractivity (Wildman–Crippen MR) is 66.2 cm³/mol. The fraction of sp³-hybridized carbons (Fsp3) is 0.100. The van der Waals surface area contributed by atoms with Crippen LogP contribution in [0.5, 0.6) is 5.75 Å². The van der Waals surface area contributed by atoms with E-state index in [-0.39, 0.29) is 5.75 Å². The van der Waals surface area contributed by atoms with Gasteiger partial charge in [-0.3, -0.25) is 0 Å². The minimum absolute atomic E-state index is 0.256. The van der Waals surface area contributed by atoms with E-state index in [0.717, 1.165) is 0 Å². The third kappa shape index (κ3) is 3.88. The molecule has 0 aliphatic heterocycles. The fourth-order valence-electron chi connectivity index (χ4n) is 1.17. The molecule has 0 radical (unpaired) electrons. The summed E-state index contributed by atoms with van der Waals surface area (Å²) < 4.78 is 40.3. The average Bonchev–Trinajstić information content (AvgIpc) is 2.65. The Hall–Kier alpha value is -1.28. The molecule has 0 aliphatic rings. The number of benzene rings is 1. The Morgan fingerprint density at radius 3 is 2.39 bits per heavy atom. The monoisotopic (exact) mass is 338 g/mol. The van der Waals surface area contributed by atoms with E-state index in [1.54, 1.807) is 5.38 Å². The normalized spacial score (nSPS) is 11.3. The summed E-state index contributed by atoms with van der Waals surface area (Å²) in [5, 5.41) is 5.40. The zero-order valence-electron chi connectivity index (χ0n) is 8.66. The standard InChI is InChI=1S/C10H6BrF3N2OS/c11-8-5-18-9(16-8)15-6-1-3-7(4-2-6)17-10(12,13)14/h1-5H,(H,15,16). The summed E-state index contributed by atoms with van der Waals surface area (Å²) in [7, 11) is 0. The van der Waals surface area contributed by atoms with Gasteiger partial charge < -0.3 is 10.1 Å². The largest absolute Gasteiger partial charge is 0.573 e. The number of nitrogens with one attached hydrogen (secondary N) is 1. The zero-order valence-corrected chi connectivity index (χ0v) is 11.1. The van der Waals surface area contributed by atoms with Gasteiger partial charge in [0.05, 0.1) is 0 Å². The van der Waals surface area contributed by atoms with Crippen LogP contribution in [0.3, 0.4) is 0 Å². The number of aromatic nitrogens is 1. The highest BCUT2D eigenvalue weighted by molar-refractivity contribution is 9.10. The number of ether oxygens (including phenoxy) is 1. The summed E-state index contributed by atoms with van der Waals surface area (Å²) in [5.41, 5.74) is 0.631. The van der Waals surface area contributed by atoms with Crippen molar-refractivity contribution < 1.29 is 17.9 Å². The topological polar surface area (TPSA) is 34.1 Å². The molecular formula is C10H6BrF3N2OS. The molecule has 0 aliphatic carbocycles. The molecule has 2 aromatic rings. The van der Waals surface area contributed by atoms with E-state index in [4.69, 9.17) is 0 Å². The Labute approximate surface area is 113 Å². The lowest BCUT2D eigenvalue weighted by atomic mass is 10.3. The maximum Gasteiger partial charge on any atom is 0.573 e. The minimum Gasteiger partial charge on any atom is -0.406 e. The molecule has 0 amide bonds. The van der Waals surface area contributed by atoms with Gasteiger partial charge in [-0.25, -0.2) is 4.98 Å². The lowest BCUT2D eigenvalue weighted by molar-refractivity contribution is -0.274. The molecule has 0 spiro atoms. The Balaban J connectivity index is 2.04. The van der Waals surface area contributed by atoms with Crippen molar-refractivity contribution in [3.63, 3.8) is 0 Å². The van der Waals surface area contributed by atoms with E-state index >= 15 is 0 Å². The SMILES string of the molecule is FC(F)(F)Oc1ccc(Nc2nc(Br)cs2)cc1. The highest BCUT2D eigenvalue weighted by Gasteiger charge is 2.30. The molecule has 0 saturated carbocycles. The van der Waals surface area contributed by atoms with Crippen molar-refractivity contribution in [3.05, 3.63) is 34.2 Å². The number of thiazole rings is 1. The molecule has 1 aromatic carbocycles. The third-order valence-electron chi connectivity index (χ3n) is 1.82. The van der Waals surface area contributed by atoms with Crippen LogP contribution in [0.15, 0.2) is 34.2 Å². The van der Waals surface area contributed by atoms with Crippen LogP contribution in [0.4, 0.5) is 24.0 Å². The first-order valence-corrected chi connectivity index (χ1v) is 6.33. The predicted octanol–water partition coefficient (Wildman–Crippen LogP) is 4.55. The summed E-state index contributed by atoms with van der Waals surface area (Å²) in [6.45, 7) is 0. The van der Waals surface area contributed by atoms with Crippen molar-refractivity contribution in [2.24, 2.45) is 0 Å². The van der Waals surface area contributed by atoms with Gasteiger partial charge >= 0.3 is 6.36 Å². The summed E-state index contributed by atoms with van der Waals surface area (Å²) in [6.07, 6.45) is -4.67. The lowest BCUT2D eigenvalue weighted by Gasteiger charge is -2.09. The van der Waals surface area contributed by atoms with Crippen molar-refractivity contribution in [3.8, 4) is 5.75 Å². The van der Waals surface area contributed by atoms with E-state index < -0.39 is 6.36 Å². The van der Waals surface area contributed by atoms with E-state index in [0.29, 0.717) is 15.4 Å². The molecule has 2 rings (SSSR count). The molecule has 8 heteroatoms. The van der Waals surface area contributed by atoms with Gasteiger partial charge in [-0.05, 0) is 40.2 Å². The van der Waals surface area contributed by atoms with Crippen molar-refractivity contribution in [1.29, 1.82) is 0 Å². The lowest BCUT2D eigenvalue weighted by Crippen LogP contribution is -2.16. The molecule has 0 fully saturated rings. The number of halogens is 4. The summed E-state index contributed by atoms with van der Waals surface area (Å²) in [5.74, 6) is -0.256. The highest BCUT2D eigenvalue weighted by Crippen LogP contribution is 2.27. The molecule has 1 heterocycles. The number of rotatable bonds is 3. The Bertz CT molecular complexity index is 527. The summed E-state index contributed by atoms with van der Waals surface area (Å²) in [4.78, 5) is 4.10. The van der Waals surface area contributed by atoms with Crippen LogP contribution in [-0.4, -0.2) is 11.3 Å². The molecule has 0 bridgehead atoms. The van der Waals surface area contributed by atoms with Crippen molar-refractivity contribution in [2.75, 3.05) is 5.32 Å². The number of hydrogen-bond acceptors (Lipinski definition) is 4. The molecule has 3 nitrogen and oxygen atoms in total. The molecule has 96 valence electrons. The van der Waals surface area contributed by atoms with Gasteiger partial charge in [0.2, 0.25) is 0 Å². The van der Waals surface area contributed by atoms with Crippen molar-refractivity contribution in [2.45, 2.75) is 6.36 Å². The van der Waals surface area contributed by atoms with Crippen LogP contribution in [0.25, 0.3) is 0 Å². The van der Waals surface area contributed by atoms with Gasteiger partial charge in [0.15, 0.2) is 5.13 Å². The van der Waals surface area contributed by atoms with Crippen LogP contribution in [0, 0.1) is 0 Å². The van der Waals surface area contributed by atoms with Gasteiger partial charge in [-0.15, -0.1) is 24.5 Å². The van der Waals surface area contributed by atoms with E-state index in [1.807, 2.05) is 0 Å². The molecular weight excluding hydrogens is 333 g/mol. The molecule has 0 saturated heterocycles. The Morgan fingerprint density at radius 1 is 1.22 bits per heavy atom. The maximum atomic E-state index is 11.9. The van der Waals surface area contributed by atoms with Gasteiger partial charge in [0.1, 0.15) is 10.4 Å². The van der Waals surface area contributed by atoms with Gasteiger partial charge in [-0.1, -0.05) is 0 Å². The van der Waals surface area contributed by atoms with Crippen LogP contribution < -0.4 is 10.1 Å². The second-order valence-corrected chi connectivity index (χ2v) is 4.84. The third-order valence-corrected chi connectivity index (χ3v) is 3.28. The van der Waals surface area contributed by atoms with Crippen molar-refractivity contribution >= 4 is 38.1 Å². The molecule has 0 unspecified atom stereocenters. The Kier molecular flexibility index (Phi) is 3.76. The van der Waals surface area contributed by atoms with Gasteiger partial charge in [0.25, 0.3) is 0 Å². The van der Waals surface area contributed by atoms with Crippen LogP contribution in [-0.2, 0) is 0 Å². The summed E-state index contributed by atoms with van der Waals surface area (Å²) >= 11 is 4.58. The van der Waals surface area contributed by atoms with Gasteiger partial charge in [-0.2, -0.15) is 0 Å². The number of hydrogen-bond donors (Lipinski definition) is 1. The average molecular weight is 339 g/mol. The smallest absolute Gasteiger partial charge is 0.406 e. The van der Waals surface area contributed by atoms with E-state index in [2.05, 4.69) is 31.0 Å². The summed E-state index contributed by atoms with van der Waals surface area (Å²) in [6, 6.07) is 5.43. The van der Waals surface area contributed by atoms with Gasteiger partial charge in [0, 0.05) is 11.1 Å². The molecule has 1 aromatic heterocycles. The van der Waals surface area contributed by atoms with Crippen LogP contribution in [0.1, 0.15) is 0 Å². The number of anilines is 2. The molecule has 18 heavy (non-hydrogen) atoms. The number of nitrogens with zero attached hydrogens (tertiary/aromatic N) is 1. The second-order valence-electron chi connectivity index (χ2n) is 3.17.